The van der Waals surface area contributed by atoms with E-state index in [1.165, 1.54) is 19.5 Å². The van der Waals surface area contributed by atoms with Crippen LogP contribution in [0.25, 0.3) is 0 Å². The molecule has 0 saturated carbocycles. The summed E-state index contributed by atoms with van der Waals surface area (Å²) in [6.07, 6.45) is 3.98. The van der Waals surface area contributed by atoms with Crippen LogP contribution in [0.2, 0.25) is 0 Å². The highest BCUT2D eigenvalue weighted by Crippen LogP contribution is 2.15. The minimum atomic E-state index is 0.605. The van der Waals surface area contributed by atoms with Crippen molar-refractivity contribution in [1.29, 1.82) is 0 Å². The first-order valence-corrected chi connectivity index (χ1v) is 6.99. The number of nitrogens with one attached hydrogen (secondary N) is 1. The zero-order valence-corrected chi connectivity index (χ0v) is 11.8. The Morgan fingerprint density at radius 1 is 1.50 bits per heavy atom. The van der Waals surface area contributed by atoms with Gasteiger partial charge in [-0.3, -0.25) is 0 Å². The Bertz CT molecular complexity index is 362. The van der Waals surface area contributed by atoms with E-state index < -0.39 is 0 Å². The fourth-order valence-electron chi connectivity index (χ4n) is 2.70. The van der Waals surface area contributed by atoms with Crippen LogP contribution in [0.4, 0.5) is 0 Å². The number of likely N-dealkylation sites (tertiary alicyclic amines) is 1. The summed E-state index contributed by atoms with van der Waals surface area (Å²) in [7, 11) is 2.20. The van der Waals surface area contributed by atoms with Gasteiger partial charge in [-0.05, 0) is 32.4 Å². The summed E-state index contributed by atoms with van der Waals surface area (Å²) in [6, 6.07) is 0.605. The van der Waals surface area contributed by atoms with Crippen molar-refractivity contribution < 1.29 is 0 Å². The van der Waals surface area contributed by atoms with Crippen molar-refractivity contribution in [2.75, 3.05) is 20.1 Å². The highest BCUT2D eigenvalue weighted by molar-refractivity contribution is 4.88. The summed E-state index contributed by atoms with van der Waals surface area (Å²) in [5.74, 6) is 1.76. The molecule has 5 nitrogen and oxygen atoms in total. The van der Waals surface area contributed by atoms with Gasteiger partial charge in [-0.1, -0.05) is 13.8 Å². The summed E-state index contributed by atoms with van der Waals surface area (Å²) >= 11 is 0. The van der Waals surface area contributed by atoms with Gasteiger partial charge in [-0.15, -0.1) is 0 Å². The molecule has 2 atom stereocenters. The highest BCUT2D eigenvalue weighted by Gasteiger charge is 2.23. The summed E-state index contributed by atoms with van der Waals surface area (Å²) in [5, 5.41) is 7.90. The first-order valence-electron chi connectivity index (χ1n) is 6.99. The largest absolute Gasteiger partial charge is 0.307 e. The molecule has 2 rings (SSSR count). The molecule has 0 amide bonds. The smallest absolute Gasteiger partial charge is 0.140 e. The lowest BCUT2D eigenvalue weighted by Crippen LogP contribution is -2.46. The Morgan fingerprint density at radius 3 is 3.06 bits per heavy atom. The van der Waals surface area contributed by atoms with Crippen molar-refractivity contribution in [3.63, 3.8) is 0 Å². The van der Waals surface area contributed by atoms with Crippen molar-refractivity contribution in [1.82, 2.24) is 25.0 Å². The van der Waals surface area contributed by atoms with E-state index in [-0.39, 0.29) is 0 Å². The molecule has 0 bridgehead atoms. The molecule has 2 heterocycles. The van der Waals surface area contributed by atoms with Crippen molar-refractivity contribution in [3.05, 3.63) is 12.2 Å². The molecule has 0 aromatic carbocycles. The lowest BCUT2D eigenvalue weighted by Gasteiger charge is -2.35. The van der Waals surface area contributed by atoms with Crippen LogP contribution in [0, 0.1) is 5.92 Å². The molecule has 1 aliphatic heterocycles. The molecule has 1 N–H and O–H groups in total. The fourth-order valence-corrected chi connectivity index (χ4v) is 2.70. The predicted molar refractivity (Wildman–Crippen MR) is 72.2 cm³/mol. The quantitative estimate of drug-likeness (QED) is 0.852. The Kier molecular flexibility index (Phi) is 4.72. The lowest BCUT2D eigenvalue weighted by molar-refractivity contribution is 0.173. The molecule has 102 valence electrons. The van der Waals surface area contributed by atoms with Crippen LogP contribution >= 0.6 is 0 Å². The van der Waals surface area contributed by atoms with E-state index >= 15 is 0 Å². The Balaban J connectivity index is 1.85. The molecule has 1 aromatic rings. The maximum atomic E-state index is 4.34. The molecule has 18 heavy (non-hydrogen) atoms. The second-order valence-electron chi connectivity index (χ2n) is 5.42. The van der Waals surface area contributed by atoms with E-state index in [0.717, 1.165) is 25.3 Å². The van der Waals surface area contributed by atoms with E-state index in [2.05, 4.69) is 41.2 Å². The van der Waals surface area contributed by atoms with Crippen LogP contribution in [0.5, 0.6) is 0 Å². The number of rotatable bonds is 5. The number of hydrogen-bond donors (Lipinski definition) is 1. The van der Waals surface area contributed by atoms with E-state index in [4.69, 9.17) is 0 Å². The standard InChI is InChI=1S/C13H25N5/c1-4-6-18-13(15-10-16-18)8-14-12-5-7-17(3)9-11(12)2/h10-12,14H,4-9H2,1-3H3. The minimum absolute atomic E-state index is 0.605. The van der Waals surface area contributed by atoms with Gasteiger partial charge in [-0.25, -0.2) is 9.67 Å². The molecule has 1 aromatic heterocycles. The molecular formula is C13H25N5. The monoisotopic (exact) mass is 251 g/mol. The zero-order chi connectivity index (χ0) is 13.0. The Morgan fingerprint density at radius 2 is 2.33 bits per heavy atom. The molecule has 2 unspecified atom stereocenters. The van der Waals surface area contributed by atoms with Gasteiger partial charge in [0, 0.05) is 19.1 Å². The Labute approximate surface area is 110 Å². The van der Waals surface area contributed by atoms with Crippen LogP contribution in [-0.4, -0.2) is 45.8 Å². The second-order valence-corrected chi connectivity index (χ2v) is 5.42. The first kappa shape index (κ1) is 13.5. The number of hydrogen-bond acceptors (Lipinski definition) is 4. The molecule has 1 saturated heterocycles. The highest BCUT2D eigenvalue weighted by atomic mass is 15.3. The van der Waals surface area contributed by atoms with E-state index in [9.17, 15) is 0 Å². The maximum absolute atomic E-state index is 4.34. The van der Waals surface area contributed by atoms with Crippen molar-refractivity contribution >= 4 is 0 Å². The van der Waals surface area contributed by atoms with Gasteiger partial charge in [0.25, 0.3) is 0 Å². The van der Waals surface area contributed by atoms with Crippen molar-refractivity contribution in [2.24, 2.45) is 5.92 Å². The number of piperidine rings is 1. The SMILES string of the molecule is CCCn1ncnc1CNC1CCN(C)CC1C. The number of nitrogens with zero attached hydrogens (tertiary/aromatic N) is 4. The van der Waals surface area contributed by atoms with Gasteiger partial charge in [0.2, 0.25) is 0 Å². The van der Waals surface area contributed by atoms with Crippen molar-refractivity contribution in [3.8, 4) is 0 Å². The number of aromatic nitrogens is 3. The van der Waals surface area contributed by atoms with Crippen LogP contribution < -0.4 is 5.32 Å². The summed E-state index contributed by atoms with van der Waals surface area (Å²) in [5.41, 5.74) is 0. The average molecular weight is 251 g/mol. The summed E-state index contributed by atoms with van der Waals surface area (Å²) in [4.78, 5) is 6.74. The van der Waals surface area contributed by atoms with Crippen LogP contribution in [0.1, 0.15) is 32.5 Å². The zero-order valence-electron chi connectivity index (χ0n) is 11.8. The van der Waals surface area contributed by atoms with E-state index in [0.29, 0.717) is 12.0 Å². The summed E-state index contributed by atoms with van der Waals surface area (Å²) < 4.78 is 2.01. The molecule has 0 radical (unpaired) electrons. The van der Waals surface area contributed by atoms with Crippen LogP contribution in [0.3, 0.4) is 0 Å². The van der Waals surface area contributed by atoms with Crippen LogP contribution in [0.15, 0.2) is 6.33 Å². The summed E-state index contributed by atoms with van der Waals surface area (Å²) in [6.45, 7) is 8.64. The normalized spacial score (nSPS) is 25.5. The maximum Gasteiger partial charge on any atom is 0.140 e. The topological polar surface area (TPSA) is 46.0 Å². The van der Waals surface area contributed by atoms with E-state index in [1.54, 1.807) is 6.33 Å². The molecule has 0 spiro atoms. The third kappa shape index (κ3) is 3.29. The third-order valence-corrected chi connectivity index (χ3v) is 3.76. The molecule has 0 aliphatic carbocycles. The molecular weight excluding hydrogens is 226 g/mol. The molecule has 1 aliphatic rings. The molecule has 5 heteroatoms. The van der Waals surface area contributed by atoms with Crippen LogP contribution in [-0.2, 0) is 13.1 Å². The van der Waals surface area contributed by atoms with Gasteiger partial charge < -0.3 is 10.2 Å². The van der Waals surface area contributed by atoms with Gasteiger partial charge in [0.05, 0.1) is 6.54 Å². The van der Waals surface area contributed by atoms with Gasteiger partial charge >= 0.3 is 0 Å². The van der Waals surface area contributed by atoms with Gasteiger partial charge in [-0.2, -0.15) is 5.10 Å². The minimum Gasteiger partial charge on any atom is -0.307 e. The number of aryl methyl sites for hydroxylation is 1. The molecule has 1 fully saturated rings. The van der Waals surface area contributed by atoms with Gasteiger partial charge in [0.1, 0.15) is 12.2 Å². The second kappa shape index (κ2) is 6.29. The fraction of sp³-hybridized carbons (Fsp3) is 0.846. The van der Waals surface area contributed by atoms with E-state index in [1.807, 2.05) is 4.68 Å². The van der Waals surface area contributed by atoms with Gasteiger partial charge in [0.15, 0.2) is 0 Å². The third-order valence-electron chi connectivity index (χ3n) is 3.76. The lowest BCUT2D eigenvalue weighted by atomic mass is 9.94. The average Bonchev–Trinajstić information content (AvgIpc) is 2.76. The first-order chi connectivity index (χ1) is 8.70. The van der Waals surface area contributed by atoms with Crippen molar-refractivity contribution in [2.45, 2.75) is 45.8 Å². The predicted octanol–water partition coefficient (Wildman–Crippen LogP) is 1.12. The Hall–Kier alpha value is -0.940.